The number of nitrogens with zero attached hydrogens (tertiary/aromatic N) is 4. The van der Waals surface area contributed by atoms with E-state index in [9.17, 15) is 13.2 Å². The maximum Gasteiger partial charge on any atom is 0.416 e. The Morgan fingerprint density at radius 2 is 2.05 bits per heavy atom. The molecule has 0 aliphatic heterocycles. The van der Waals surface area contributed by atoms with Gasteiger partial charge in [-0.15, -0.1) is 5.10 Å². The van der Waals surface area contributed by atoms with Crippen LogP contribution in [0.5, 0.6) is 0 Å². The smallest absolute Gasteiger partial charge is 0.311 e. The molecule has 0 amide bonds. The summed E-state index contributed by atoms with van der Waals surface area (Å²) in [5.41, 5.74) is -0.517. The standard InChI is InChI=1S/C11H11BrF3N5/c1-6(16-2)10-17-18-19-20(10)9-5-7(11(13,14)15)3-4-8(9)12/h3-6,16H,1-2H3. The van der Waals surface area contributed by atoms with Crippen LogP contribution in [-0.4, -0.2) is 27.3 Å². The molecular weight excluding hydrogens is 339 g/mol. The first-order chi connectivity index (χ1) is 9.34. The second-order valence-electron chi connectivity index (χ2n) is 4.12. The van der Waals surface area contributed by atoms with Crippen LogP contribution in [0.4, 0.5) is 13.2 Å². The molecule has 0 radical (unpaired) electrons. The minimum Gasteiger partial charge on any atom is -0.311 e. The Kier molecular flexibility index (Phi) is 4.09. The summed E-state index contributed by atoms with van der Waals surface area (Å²) in [7, 11) is 1.71. The van der Waals surface area contributed by atoms with Gasteiger partial charge in [-0.3, -0.25) is 0 Å². The van der Waals surface area contributed by atoms with Crippen molar-refractivity contribution >= 4 is 15.9 Å². The molecule has 0 aliphatic carbocycles. The van der Waals surface area contributed by atoms with Gasteiger partial charge < -0.3 is 5.32 Å². The van der Waals surface area contributed by atoms with Crippen molar-refractivity contribution in [3.8, 4) is 5.69 Å². The summed E-state index contributed by atoms with van der Waals surface area (Å²) in [6.07, 6.45) is -4.42. The summed E-state index contributed by atoms with van der Waals surface area (Å²) in [6, 6.07) is 3.13. The number of aromatic nitrogens is 4. The third-order valence-electron chi connectivity index (χ3n) is 2.82. The van der Waals surface area contributed by atoms with Gasteiger partial charge in [-0.25, -0.2) is 0 Å². The Bertz CT molecular complexity index is 610. The third-order valence-corrected chi connectivity index (χ3v) is 3.49. The van der Waals surface area contributed by atoms with Crippen molar-refractivity contribution in [2.45, 2.75) is 19.1 Å². The number of hydrogen-bond donors (Lipinski definition) is 1. The molecule has 20 heavy (non-hydrogen) atoms. The zero-order chi connectivity index (χ0) is 14.9. The fraction of sp³-hybridized carbons (Fsp3) is 0.364. The van der Waals surface area contributed by atoms with Crippen molar-refractivity contribution < 1.29 is 13.2 Å². The number of hydrogen-bond acceptors (Lipinski definition) is 4. The molecule has 1 aromatic heterocycles. The zero-order valence-electron chi connectivity index (χ0n) is 10.6. The van der Waals surface area contributed by atoms with Gasteiger partial charge in [0.1, 0.15) is 0 Å². The van der Waals surface area contributed by atoms with Gasteiger partial charge in [-0.2, -0.15) is 17.9 Å². The molecule has 1 aromatic carbocycles. The van der Waals surface area contributed by atoms with Crippen molar-refractivity contribution in [3.63, 3.8) is 0 Å². The SMILES string of the molecule is CNC(C)c1nnnn1-c1cc(C(F)(F)F)ccc1Br. The molecule has 9 heteroatoms. The molecule has 2 aromatic rings. The number of benzene rings is 1. The number of rotatable bonds is 3. The topological polar surface area (TPSA) is 55.6 Å². The summed E-state index contributed by atoms with van der Waals surface area (Å²) in [5.74, 6) is 0.424. The fourth-order valence-corrected chi connectivity index (χ4v) is 2.03. The molecule has 1 heterocycles. The van der Waals surface area contributed by atoms with Gasteiger partial charge >= 0.3 is 6.18 Å². The highest BCUT2D eigenvalue weighted by atomic mass is 79.9. The average molecular weight is 350 g/mol. The molecule has 108 valence electrons. The van der Waals surface area contributed by atoms with Gasteiger partial charge in [0.05, 0.1) is 17.3 Å². The highest BCUT2D eigenvalue weighted by molar-refractivity contribution is 9.10. The quantitative estimate of drug-likeness (QED) is 0.925. The summed E-state index contributed by atoms with van der Waals surface area (Å²) >= 11 is 3.22. The molecule has 2 rings (SSSR count). The van der Waals surface area contributed by atoms with Crippen LogP contribution < -0.4 is 5.32 Å². The highest BCUT2D eigenvalue weighted by Crippen LogP contribution is 2.33. The second-order valence-corrected chi connectivity index (χ2v) is 4.98. The van der Waals surface area contributed by atoms with Crippen molar-refractivity contribution in [3.05, 3.63) is 34.1 Å². The van der Waals surface area contributed by atoms with E-state index >= 15 is 0 Å². The van der Waals surface area contributed by atoms with Crippen molar-refractivity contribution in [1.82, 2.24) is 25.5 Å². The van der Waals surface area contributed by atoms with Gasteiger partial charge in [0.15, 0.2) is 5.82 Å². The van der Waals surface area contributed by atoms with Gasteiger partial charge in [-0.1, -0.05) is 0 Å². The lowest BCUT2D eigenvalue weighted by atomic mass is 10.2. The van der Waals surface area contributed by atoms with Gasteiger partial charge in [0.25, 0.3) is 0 Å². The van der Waals surface area contributed by atoms with Gasteiger partial charge in [0, 0.05) is 4.47 Å². The molecule has 0 spiro atoms. The number of halogens is 4. The predicted molar refractivity (Wildman–Crippen MR) is 69.3 cm³/mol. The van der Waals surface area contributed by atoms with E-state index in [0.29, 0.717) is 10.3 Å². The monoisotopic (exact) mass is 349 g/mol. The van der Waals surface area contributed by atoms with E-state index in [4.69, 9.17) is 0 Å². The molecule has 0 fully saturated rings. The Balaban J connectivity index is 2.55. The molecule has 0 aliphatic rings. The Morgan fingerprint density at radius 1 is 1.35 bits per heavy atom. The first-order valence-electron chi connectivity index (χ1n) is 5.67. The van der Waals surface area contributed by atoms with Crippen LogP contribution in [0.3, 0.4) is 0 Å². The van der Waals surface area contributed by atoms with E-state index in [1.54, 1.807) is 7.05 Å². The number of nitrogens with one attached hydrogen (secondary N) is 1. The van der Waals surface area contributed by atoms with E-state index in [-0.39, 0.29) is 11.7 Å². The van der Waals surface area contributed by atoms with Crippen LogP contribution in [0.25, 0.3) is 5.69 Å². The zero-order valence-corrected chi connectivity index (χ0v) is 12.2. The van der Waals surface area contributed by atoms with Crippen LogP contribution in [0.2, 0.25) is 0 Å². The summed E-state index contributed by atoms with van der Waals surface area (Å²) < 4.78 is 40.1. The number of tetrazole rings is 1. The summed E-state index contributed by atoms with van der Waals surface area (Å²) in [4.78, 5) is 0. The van der Waals surface area contributed by atoms with Crippen LogP contribution in [0.15, 0.2) is 22.7 Å². The maximum absolute atomic E-state index is 12.8. The van der Waals surface area contributed by atoms with Gasteiger partial charge in [0.2, 0.25) is 0 Å². The third kappa shape index (κ3) is 2.83. The normalized spacial score (nSPS) is 13.5. The molecule has 1 unspecified atom stereocenters. The lowest BCUT2D eigenvalue weighted by molar-refractivity contribution is -0.137. The lowest BCUT2D eigenvalue weighted by Gasteiger charge is -2.13. The van der Waals surface area contributed by atoms with E-state index in [2.05, 4.69) is 36.8 Å². The molecule has 0 saturated heterocycles. The molecule has 0 saturated carbocycles. The highest BCUT2D eigenvalue weighted by Gasteiger charge is 2.31. The molecule has 1 atom stereocenters. The van der Waals surface area contributed by atoms with Crippen LogP contribution in [0.1, 0.15) is 24.4 Å². The van der Waals surface area contributed by atoms with E-state index < -0.39 is 11.7 Å². The minimum atomic E-state index is -4.42. The molecule has 5 nitrogen and oxygen atoms in total. The largest absolute Gasteiger partial charge is 0.416 e. The van der Waals surface area contributed by atoms with Crippen molar-refractivity contribution in [2.24, 2.45) is 0 Å². The minimum absolute atomic E-state index is 0.202. The molecule has 0 bridgehead atoms. The molecular formula is C11H11BrF3N5. The van der Waals surface area contributed by atoms with Crippen LogP contribution in [0, 0.1) is 0 Å². The first-order valence-corrected chi connectivity index (χ1v) is 6.46. The van der Waals surface area contributed by atoms with Crippen LogP contribution >= 0.6 is 15.9 Å². The van der Waals surface area contributed by atoms with E-state index in [0.717, 1.165) is 12.1 Å². The maximum atomic E-state index is 12.8. The lowest BCUT2D eigenvalue weighted by Crippen LogP contribution is -2.18. The van der Waals surface area contributed by atoms with Gasteiger partial charge in [-0.05, 0) is 58.5 Å². The van der Waals surface area contributed by atoms with E-state index in [1.165, 1.54) is 10.7 Å². The van der Waals surface area contributed by atoms with Crippen molar-refractivity contribution in [2.75, 3.05) is 7.05 Å². The first kappa shape index (κ1) is 14.9. The fourth-order valence-electron chi connectivity index (χ4n) is 1.62. The Hall–Kier alpha value is -1.48. The Labute approximate surface area is 121 Å². The average Bonchev–Trinajstić information content (AvgIpc) is 2.86. The van der Waals surface area contributed by atoms with Crippen molar-refractivity contribution in [1.29, 1.82) is 0 Å². The summed E-state index contributed by atoms with van der Waals surface area (Å²) in [6.45, 7) is 1.81. The second kappa shape index (κ2) is 5.49. The number of alkyl halides is 3. The predicted octanol–water partition coefficient (Wildman–Crippen LogP) is 2.72. The molecule has 1 N–H and O–H groups in total. The van der Waals surface area contributed by atoms with Crippen LogP contribution in [-0.2, 0) is 6.18 Å². The van der Waals surface area contributed by atoms with E-state index in [1.807, 2.05) is 6.92 Å². The Morgan fingerprint density at radius 3 is 2.65 bits per heavy atom. The summed E-state index contributed by atoms with van der Waals surface area (Å²) in [5, 5.41) is 14.1.